The molecule has 0 aliphatic heterocycles. The monoisotopic (exact) mass is 278 g/mol. The Morgan fingerprint density at radius 2 is 2.22 bits per heavy atom. The summed E-state index contributed by atoms with van der Waals surface area (Å²) < 4.78 is 1.56. The first-order chi connectivity index (χ1) is 8.74. The number of anilines is 1. The smallest absolute Gasteiger partial charge is 0.276 e. The molecule has 2 heterocycles. The number of benzene rings is 1. The lowest BCUT2D eigenvalue weighted by atomic mass is 10.3. The van der Waals surface area contributed by atoms with Crippen LogP contribution in [0.3, 0.4) is 0 Å². The number of halogens is 1. The minimum atomic E-state index is -0.305. The third kappa shape index (κ3) is 1.96. The average Bonchev–Trinajstić information content (AvgIpc) is 2.92. The van der Waals surface area contributed by atoms with Gasteiger partial charge in [-0.3, -0.25) is 4.79 Å². The quantitative estimate of drug-likeness (QED) is 0.784. The second-order valence-corrected chi connectivity index (χ2v) is 4.74. The minimum Gasteiger partial charge on any atom is -0.319 e. The number of carbonyl (C=O) groups excluding carboxylic acids is 1. The van der Waals surface area contributed by atoms with Crippen LogP contribution in [0.2, 0.25) is 5.02 Å². The Morgan fingerprint density at radius 1 is 1.39 bits per heavy atom. The molecule has 1 aromatic carbocycles. The predicted molar refractivity (Wildman–Crippen MR) is 70.3 cm³/mol. The number of aromatic nitrogens is 3. The molecule has 7 heteroatoms. The Kier molecular flexibility index (Phi) is 2.73. The van der Waals surface area contributed by atoms with E-state index in [1.807, 2.05) is 0 Å². The van der Waals surface area contributed by atoms with Crippen LogP contribution in [0, 0.1) is 0 Å². The topological polar surface area (TPSA) is 59.3 Å². The maximum Gasteiger partial charge on any atom is 0.276 e. The highest BCUT2D eigenvalue weighted by Crippen LogP contribution is 2.21. The van der Waals surface area contributed by atoms with Gasteiger partial charge in [0.05, 0.1) is 16.9 Å². The van der Waals surface area contributed by atoms with E-state index in [1.165, 1.54) is 11.3 Å². The van der Waals surface area contributed by atoms with Crippen LogP contribution in [0.5, 0.6) is 0 Å². The summed E-state index contributed by atoms with van der Waals surface area (Å²) in [5, 5.41) is 7.21. The minimum absolute atomic E-state index is 0.305. The molecule has 0 saturated carbocycles. The molecule has 5 nitrogen and oxygen atoms in total. The zero-order chi connectivity index (χ0) is 12.5. The molecular weight excluding hydrogens is 272 g/mol. The summed E-state index contributed by atoms with van der Waals surface area (Å²) in [4.78, 5) is 16.8. The summed E-state index contributed by atoms with van der Waals surface area (Å²) in [7, 11) is 0. The van der Waals surface area contributed by atoms with Gasteiger partial charge in [-0.25, -0.2) is 9.50 Å². The van der Waals surface area contributed by atoms with Gasteiger partial charge in [0, 0.05) is 0 Å². The average molecular weight is 279 g/mol. The van der Waals surface area contributed by atoms with Gasteiger partial charge in [-0.1, -0.05) is 35.1 Å². The lowest BCUT2D eigenvalue weighted by Crippen LogP contribution is -2.12. The van der Waals surface area contributed by atoms with E-state index >= 15 is 0 Å². The predicted octanol–water partition coefficient (Wildman–Crippen LogP) is 2.70. The van der Waals surface area contributed by atoms with Crippen molar-refractivity contribution in [3.63, 3.8) is 0 Å². The van der Waals surface area contributed by atoms with E-state index in [4.69, 9.17) is 11.6 Å². The molecule has 0 atom stereocenters. The molecule has 18 heavy (non-hydrogen) atoms. The van der Waals surface area contributed by atoms with Crippen LogP contribution in [0.4, 0.5) is 5.69 Å². The molecule has 1 N–H and O–H groups in total. The number of hydrogen-bond donors (Lipinski definition) is 1. The van der Waals surface area contributed by atoms with Crippen LogP contribution in [0.1, 0.15) is 10.5 Å². The van der Waals surface area contributed by atoms with Gasteiger partial charge in [0.1, 0.15) is 11.2 Å². The van der Waals surface area contributed by atoms with E-state index in [1.54, 1.807) is 40.5 Å². The molecule has 0 radical (unpaired) electrons. The van der Waals surface area contributed by atoms with Crippen LogP contribution in [0.25, 0.3) is 4.96 Å². The maximum atomic E-state index is 12.0. The van der Waals surface area contributed by atoms with E-state index in [-0.39, 0.29) is 5.91 Å². The molecule has 3 rings (SSSR count). The molecule has 0 saturated heterocycles. The van der Waals surface area contributed by atoms with Crippen molar-refractivity contribution in [1.82, 2.24) is 14.6 Å². The number of nitrogens with zero attached hydrogens (tertiary/aromatic N) is 3. The zero-order valence-corrected chi connectivity index (χ0v) is 10.6. The molecule has 3 aromatic rings. The van der Waals surface area contributed by atoms with Crippen molar-refractivity contribution < 1.29 is 4.79 Å². The molecule has 0 fully saturated rings. The Hall–Kier alpha value is -1.92. The van der Waals surface area contributed by atoms with E-state index in [0.29, 0.717) is 21.4 Å². The van der Waals surface area contributed by atoms with E-state index in [9.17, 15) is 4.79 Å². The lowest BCUT2D eigenvalue weighted by Gasteiger charge is -2.04. The number of hydrogen-bond acceptors (Lipinski definition) is 4. The highest BCUT2D eigenvalue weighted by Gasteiger charge is 2.13. The fourth-order valence-electron chi connectivity index (χ4n) is 1.50. The molecule has 0 aliphatic rings. The largest absolute Gasteiger partial charge is 0.319 e. The summed E-state index contributed by atoms with van der Waals surface area (Å²) in [5.41, 5.74) is 2.54. The summed E-state index contributed by atoms with van der Waals surface area (Å²) in [6, 6.07) is 7.05. The van der Waals surface area contributed by atoms with Crippen molar-refractivity contribution in [3.05, 3.63) is 46.7 Å². The number of amides is 1. The molecule has 0 bridgehead atoms. The van der Waals surface area contributed by atoms with Crippen molar-refractivity contribution in [1.29, 1.82) is 0 Å². The number of imidazole rings is 1. The van der Waals surface area contributed by atoms with Gasteiger partial charge < -0.3 is 5.32 Å². The second-order valence-electron chi connectivity index (χ2n) is 3.53. The number of nitrogens with one attached hydrogen (secondary N) is 1. The van der Waals surface area contributed by atoms with Gasteiger partial charge in [0.25, 0.3) is 5.91 Å². The summed E-state index contributed by atoms with van der Waals surface area (Å²) >= 11 is 7.33. The fourth-order valence-corrected chi connectivity index (χ4v) is 2.28. The molecule has 2 aromatic heterocycles. The number of para-hydroxylation sites is 1. The summed E-state index contributed by atoms with van der Waals surface area (Å²) in [6.07, 6.45) is 1.58. The molecular formula is C11H7ClN4OS. The second kappa shape index (κ2) is 4.40. The van der Waals surface area contributed by atoms with E-state index in [2.05, 4.69) is 15.4 Å². The fraction of sp³-hybridized carbons (Fsp3) is 0. The number of carbonyl (C=O) groups is 1. The highest BCUT2D eigenvalue weighted by molar-refractivity contribution is 7.14. The summed E-state index contributed by atoms with van der Waals surface area (Å²) in [5.74, 6) is -0.305. The SMILES string of the molecule is O=C(Nc1ccccc1Cl)c1cn2ncsc2n1. The Labute approximate surface area is 111 Å². The number of rotatable bonds is 2. The normalized spacial score (nSPS) is 10.7. The first-order valence-corrected chi connectivity index (χ1v) is 6.34. The number of fused-ring (bicyclic) bond motifs is 1. The Morgan fingerprint density at radius 3 is 3.00 bits per heavy atom. The Bertz CT molecular complexity index is 692. The van der Waals surface area contributed by atoms with E-state index < -0.39 is 0 Å². The Balaban J connectivity index is 1.87. The molecule has 1 amide bonds. The van der Waals surface area contributed by atoms with Crippen molar-refractivity contribution in [2.75, 3.05) is 5.32 Å². The third-order valence-electron chi connectivity index (χ3n) is 2.34. The molecule has 0 aliphatic carbocycles. The van der Waals surface area contributed by atoms with Crippen LogP contribution in [-0.4, -0.2) is 20.5 Å². The van der Waals surface area contributed by atoms with Gasteiger partial charge in [0.2, 0.25) is 4.96 Å². The van der Waals surface area contributed by atoms with Gasteiger partial charge in [-0.2, -0.15) is 5.10 Å². The van der Waals surface area contributed by atoms with Gasteiger partial charge in [-0.05, 0) is 12.1 Å². The van der Waals surface area contributed by atoms with Gasteiger partial charge in [0.15, 0.2) is 0 Å². The van der Waals surface area contributed by atoms with Crippen molar-refractivity contribution in [2.24, 2.45) is 0 Å². The van der Waals surface area contributed by atoms with Crippen molar-refractivity contribution in [2.45, 2.75) is 0 Å². The van der Waals surface area contributed by atoms with Crippen molar-refractivity contribution >= 4 is 39.5 Å². The third-order valence-corrected chi connectivity index (χ3v) is 3.36. The van der Waals surface area contributed by atoms with Gasteiger partial charge >= 0.3 is 0 Å². The first kappa shape index (κ1) is 11.2. The molecule has 0 spiro atoms. The van der Waals surface area contributed by atoms with Crippen LogP contribution in [0.15, 0.2) is 36.0 Å². The van der Waals surface area contributed by atoms with Crippen LogP contribution < -0.4 is 5.32 Å². The highest BCUT2D eigenvalue weighted by atomic mass is 35.5. The molecule has 90 valence electrons. The standard InChI is InChI=1S/C11H7ClN4OS/c12-7-3-1-2-4-8(7)14-10(17)9-5-16-11(15-9)18-6-13-16/h1-6H,(H,14,17). The lowest BCUT2D eigenvalue weighted by molar-refractivity contribution is 0.102. The zero-order valence-electron chi connectivity index (χ0n) is 9.00. The maximum absolute atomic E-state index is 12.0. The summed E-state index contributed by atoms with van der Waals surface area (Å²) in [6.45, 7) is 0. The first-order valence-electron chi connectivity index (χ1n) is 5.09. The van der Waals surface area contributed by atoms with Crippen molar-refractivity contribution in [3.8, 4) is 0 Å². The van der Waals surface area contributed by atoms with E-state index in [0.717, 1.165) is 0 Å². The van der Waals surface area contributed by atoms with Gasteiger partial charge in [-0.15, -0.1) is 0 Å². The molecule has 0 unspecified atom stereocenters. The van der Waals surface area contributed by atoms with Crippen LogP contribution in [-0.2, 0) is 0 Å². The van der Waals surface area contributed by atoms with Crippen LogP contribution >= 0.6 is 22.9 Å².